The van der Waals surface area contributed by atoms with Gasteiger partial charge in [0.05, 0.1) is 26.0 Å². The molecule has 3 rings (SSSR count). The van der Waals surface area contributed by atoms with E-state index in [1.807, 2.05) is 12.1 Å². The second-order valence-corrected chi connectivity index (χ2v) is 7.37. The highest BCUT2D eigenvalue weighted by molar-refractivity contribution is 14.0. The van der Waals surface area contributed by atoms with Gasteiger partial charge in [0, 0.05) is 44.5 Å². The molecule has 30 heavy (non-hydrogen) atoms. The molecule has 0 bridgehead atoms. The molecule has 0 spiro atoms. The van der Waals surface area contributed by atoms with Crippen molar-refractivity contribution in [2.24, 2.45) is 4.99 Å². The number of nitrogens with zero attached hydrogens (tertiary/aromatic N) is 3. The molecule has 2 N–H and O–H groups in total. The van der Waals surface area contributed by atoms with Crippen LogP contribution in [0.2, 0.25) is 0 Å². The number of hydrogen-bond donors (Lipinski definition) is 2. The lowest BCUT2D eigenvalue weighted by atomic mass is 10.3. The molecule has 0 unspecified atom stereocenters. The summed E-state index contributed by atoms with van der Waals surface area (Å²) in [4.78, 5) is 10.3. The Balaban J connectivity index is 0.00000320. The van der Waals surface area contributed by atoms with E-state index in [1.54, 1.807) is 6.26 Å². The van der Waals surface area contributed by atoms with Crippen molar-refractivity contribution in [3.8, 4) is 0 Å². The van der Waals surface area contributed by atoms with Crippen molar-refractivity contribution in [2.75, 3.05) is 45.9 Å². The van der Waals surface area contributed by atoms with Crippen LogP contribution >= 0.6 is 35.3 Å². The zero-order valence-electron chi connectivity index (χ0n) is 16.3. The van der Waals surface area contributed by atoms with Gasteiger partial charge < -0.3 is 19.8 Å². The van der Waals surface area contributed by atoms with Crippen molar-refractivity contribution < 1.29 is 22.3 Å². The van der Waals surface area contributed by atoms with Crippen LogP contribution in [-0.4, -0.2) is 61.8 Å². The number of aliphatic imine (C=N–C) groups is 1. The maximum atomic E-state index is 12.7. The fourth-order valence-corrected chi connectivity index (χ4v) is 3.47. The average molecular weight is 559 g/mol. The second kappa shape index (κ2) is 12.5. The zero-order valence-corrected chi connectivity index (χ0v) is 19.4. The van der Waals surface area contributed by atoms with Gasteiger partial charge in [0.15, 0.2) is 11.7 Å². The van der Waals surface area contributed by atoms with Crippen LogP contribution in [-0.2, 0) is 23.9 Å². The van der Waals surface area contributed by atoms with Gasteiger partial charge in [0.1, 0.15) is 10.8 Å². The van der Waals surface area contributed by atoms with Gasteiger partial charge in [-0.1, -0.05) is 0 Å². The molecular weight excluding hydrogens is 534 g/mol. The van der Waals surface area contributed by atoms with Gasteiger partial charge in [-0.2, -0.15) is 13.2 Å². The third-order valence-electron chi connectivity index (χ3n) is 4.28. The van der Waals surface area contributed by atoms with Crippen LogP contribution in [0.25, 0.3) is 0 Å². The van der Waals surface area contributed by atoms with E-state index >= 15 is 0 Å². The first-order valence-electron chi connectivity index (χ1n) is 9.37. The lowest BCUT2D eigenvalue weighted by Crippen LogP contribution is -2.44. The summed E-state index contributed by atoms with van der Waals surface area (Å²) in [6, 6.07) is 3.71. The summed E-state index contributed by atoms with van der Waals surface area (Å²) in [5, 5.41) is 7.76. The summed E-state index contributed by atoms with van der Waals surface area (Å²) in [6.07, 6.45) is -2.14. The first-order valence-corrected chi connectivity index (χ1v) is 10.2. The maximum Gasteiger partial charge on any atom is 0.434 e. The predicted molar refractivity (Wildman–Crippen MR) is 119 cm³/mol. The van der Waals surface area contributed by atoms with Crippen LogP contribution in [0.3, 0.4) is 0 Å². The van der Waals surface area contributed by atoms with E-state index in [-0.39, 0.29) is 30.5 Å². The average Bonchev–Trinajstić information content (AvgIpc) is 3.38. The standard InChI is InChI=1S/C18H24F3N5O2S.HI/c19-18(20,21)15-13-29-16(25-15)12-24-17(22-4-3-14-2-1-9-28-14)23-5-6-26-7-10-27-11-8-26;/h1-2,9,13H,3-8,10-12H2,(H2,22,23,24);1H. The number of halogens is 4. The number of ether oxygens (including phenoxy) is 1. The highest BCUT2D eigenvalue weighted by Crippen LogP contribution is 2.30. The summed E-state index contributed by atoms with van der Waals surface area (Å²) in [7, 11) is 0. The first kappa shape index (κ1) is 24.9. The molecule has 168 valence electrons. The van der Waals surface area contributed by atoms with Crippen molar-refractivity contribution in [3.63, 3.8) is 0 Å². The van der Waals surface area contributed by atoms with Crippen LogP contribution in [0.5, 0.6) is 0 Å². The molecule has 2 aromatic rings. The van der Waals surface area contributed by atoms with Gasteiger partial charge in [-0.25, -0.2) is 9.98 Å². The highest BCUT2D eigenvalue weighted by atomic mass is 127. The van der Waals surface area contributed by atoms with Crippen LogP contribution in [0.1, 0.15) is 16.5 Å². The lowest BCUT2D eigenvalue weighted by Gasteiger charge is -2.26. The number of nitrogens with one attached hydrogen (secondary N) is 2. The number of hydrogen-bond acceptors (Lipinski definition) is 6. The van der Waals surface area contributed by atoms with E-state index in [1.165, 1.54) is 0 Å². The first-order chi connectivity index (χ1) is 14.0. The van der Waals surface area contributed by atoms with E-state index in [0.717, 1.165) is 55.3 Å². The summed E-state index contributed by atoms with van der Waals surface area (Å²) < 4.78 is 48.8. The molecule has 0 radical (unpaired) electrons. The van der Waals surface area contributed by atoms with E-state index in [9.17, 15) is 13.2 Å². The van der Waals surface area contributed by atoms with E-state index < -0.39 is 11.9 Å². The van der Waals surface area contributed by atoms with Crippen LogP contribution in [0, 0.1) is 0 Å². The Kier molecular flexibility index (Phi) is 10.3. The minimum absolute atomic E-state index is 0. The van der Waals surface area contributed by atoms with E-state index in [0.29, 0.717) is 30.5 Å². The lowest BCUT2D eigenvalue weighted by molar-refractivity contribution is -0.140. The Labute approximate surface area is 194 Å². The molecule has 3 heterocycles. The Hall–Kier alpha value is -1.38. The SMILES string of the molecule is FC(F)(F)c1csc(CN=C(NCCc2ccco2)NCCN2CCOCC2)n1.I. The third kappa shape index (κ3) is 8.40. The predicted octanol–water partition coefficient (Wildman–Crippen LogP) is 2.98. The second-order valence-electron chi connectivity index (χ2n) is 6.43. The molecule has 0 atom stereocenters. The Morgan fingerprint density at radius 2 is 2.00 bits per heavy atom. The summed E-state index contributed by atoms with van der Waals surface area (Å²) >= 11 is 0.956. The van der Waals surface area contributed by atoms with Crippen molar-refractivity contribution in [3.05, 3.63) is 40.2 Å². The maximum absolute atomic E-state index is 12.7. The summed E-state index contributed by atoms with van der Waals surface area (Å²) in [6.45, 7) is 5.40. The smallest absolute Gasteiger partial charge is 0.434 e. The number of rotatable bonds is 8. The molecule has 0 aliphatic carbocycles. The molecule has 1 aliphatic rings. The normalized spacial score (nSPS) is 15.6. The number of morpholine rings is 1. The van der Waals surface area contributed by atoms with E-state index in [2.05, 4.69) is 25.5 Å². The van der Waals surface area contributed by atoms with Gasteiger partial charge in [-0.05, 0) is 12.1 Å². The van der Waals surface area contributed by atoms with Crippen LogP contribution in [0.15, 0.2) is 33.2 Å². The van der Waals surface area contributed by atoms with Gasteiger partial charge in [-0.15, -0.1) is 35.3 Å². The fourth-order valence-electron chi connectivity index (χ4n) is 2.75. The van der Waals surface area contributed by atoms with Crippen molar-refractivity contribution in [1.82, 2.24) is 20.5 Å². The summed E-state index contributed by atoms with van der Waals surface area (Å²) in [5.41, 5.74) is -0.875. The molecule has 0 saturated carbocycles. The number of alkyl halides is 3. The van der Waals surface area contributed by atoms with Crippen molar-refractivity contribution >= 4 is 41.3 Å². The molecule has 1 fully saturated rings. The van der Waals surface area contributed by atoms with Crippen LogP contribution in [0.4, 0.5) is 13.2 Å². The molecule has 12 heteroatoms. The van der Waals surface area contributed by atoms with Gasteiger partial charge >= 0.3 is 6.18 Å². The molecule has 0 amide bonds. The minimum atomic E-state index is -4.43. The van der Waals surface area contributed by atoms with Gasteiger partial charge in [0.25, 0.3) is 0 Å². The molecule has 1 aliphatic heterocycles. The molecule has 1 saturated heterocycles. The molecule has 2 aromatic heterocycles. The number of furan rings is 1. The Morgan fingerprint density at radius 1 is 1.23 bits per heavy atom. The highest BCUT2D eigenvalue weighted by Gasteiger charge is 2.33. The minimum Gasteiger partial charge on any atom is -0.469 e. The molecular formula is C18H25F3IN5O2S. The van der Waals surface area contributed by atoms with E-state index in [4.69, 9.17) is 9.15 Å². The zero-order chi connectivity index (χ0) is 20.5. The summed E-state index contributed by atoms with van der Waals surface area (Å²) in [5.74, 6) is 1.38. The monoisotopic (exact) mass is 559 g/mol. The number of guanidine groups is 1. The van der Waals surface area contributed by atoms with Gasteiger partial charge in [-0.3, -0.25) is 4.90 Å². The van der Waals surface area contributed by atoms with Crippen LogP contribution < -0.4 is 10.6 Å². The van der Waals surface area contributed by atoms with Gasteiger partial charge in [0.2, 0.25) is 0 Å². The topological polar surface area (TPSA) is 74.9 Å². The Morgan fingerprint density at radius 3 is 2.67 bits per heavy atom. The quantitative estimate of drug-likeness (QED) is 0.295. The van der Waals surface area contributed by atoms with Crippen molar-refractivity contribution in [2.45, 2.75) is 19.1 Å². The number of thiazole rings is 1. The van der Waals surface area contributed by atoms with Crippen molar-refractivity contribution in [1.29, 1.82) is 0 Å². The Bertz CT molecular complexity index is 764. The fraction of sp³-hybridized carbons (Fsp3) is 0.556. The third-order valence-corrected chi connectivity index (χ3v) is 5.12. The number of aromatic nitrogens is 1. The molecule has 0 aromatic carbocycles. The molecule has 7 nitrogen and oxygen atoms in total. The largest absolute Gasteiger partial charge is 0.469 e.